The second-order valence-electron chi connectivity index (χ2n) is 12.2. The van der Waals surface area contributed by atoms with Gasteiger partial charge in [-0.25, -0.2) is 0 Å². The SMILES string of the molecule is COc1cc(C=CC2C3=CCC4C(=O)N(c5ccc(N6CCOCC6)cc5)C(=O)C4C3CC3=C2C(=O)C=C(C)C3=O)ccc1O. The van der Waals surface area contributed by atoms with Crippen molar-refractivity contribution in [2.75, 3.05) is 43.2 Å². The highest BCUT2D eigenvalue weighted by molar-refractivity contribution is 6.24. The van der Waals surface area contributed by atoms with Crippen molar-refractivity contribution in [2.24, 2.45) is 23.7 Å². The van der Waals surface area contributed by atoms with E-state index in [4.69, 9.17) is 9.47 Å². The minimum Gasteiger partial charge on any atom is -0.504 e. The third-order valence-corrected chi connectivity index (χ3v) is 9.78. The van der Waals surface area contributed by atoms with Gasteiger partial charge in [-0.2, -0.15) is 0 Å². The molecule has 4 unspecified atom stereocenters. The van der Waals surface area contributed by atoms with Crippen molar-refractivity contribution in [3.63, 3.8) is 0 Å². The maximum Gasteiger partial charge on any atom is 0.238 e. The molecule has 230 valence electrons. The summed E-state index contributed by atoms with van der Waals surface area (Å²) in [4.78, 5) is 58.4. The summed E-state index contributed by atoms with van der Waals surface area (Å²) in [5, 5.41) is 10.0. The van der Waals surface area contributed by atoms with Crippen LogP contribution >= 0.6 is 0 Å². The molecule has 9 nitrogen and oxygen atoms in total. The summed E-state index contributed by atoms with van der Waals surface area (Å²) in [6.07, 6.45) is 7.71. The molecular weight excluding hydrogens is 572 g/mol. The highest BCUT2D eigenvalue weighted by Gasteiger charge is 2.56. The summed E-state index contributed by atoms with van der Waals surface area (Å²) in [7, 11) is 1.47. The zero-order chi connectivity index (χ0) is 31.4. The van der Waals surface area contributed by atoms with Crippen molar-refractivity contribution < 1.29 is 33.8 Å². The molecule has 0 bridgehead atoms. The number of Topliss-reactive ketones (excluding diaryl/α,β-unsaturated/α-hetero) is 1. The number of ketones is 2. The number of allylic oxidation sites excluding steroid dienone is 7. The van der Waals surface area contributed by atoms with E-state index < -0.39 is 23.7 Å². The Labute approximate surface area is 261 Å². The largest absolute Gasteiger partial charge is 0.504 e. The van der Waals surface area contributed by atoms with Crippen molar-refractivity contribution in [3.8, 4) is 11.5 Å². The molecule has 0 aromatic heterocycles. The Bertz CT molecular complexity index is 1740. The average molecular weight is 607 g/mol. The first-order chi connectivity index (χ1) is 21.8. The average Bonchev–Trinajstić information content (AvgIpc) is 3.32. The fourth-order valence-electron chi connectivity index (χ4n) is 7.55. The molecule has 1 N–H and O–H groups in total. The standard InChI is InChI=1S/C36H34N2O7/c1-20-17-30(40)32-25(9-3-21-4-12-29(39)31(18-21)44-2)24-10-11-26-33(27(24)19-28(32)34(20)41)36(43)38(35(26)42)23-7-5-22(6-8-23)37-13-15-45-16-14-37/h3-10,12,17-18,25-27,33,39H,11,13-16,19H2,1-2H3. The lowest BCUT2D eigenvalue weighted by Gasteiger charge is -2.41. The monoisotopic (exact) mass is 606 g/mol. The molecule has 2 aromatic carbocycles. The van der Waals surface area contributed by atoms with Crippen LogP contribution in [0.5, 0.6) is 11.5 Å². The van der Waals surface area contributed by atoms with E-state index in [-0.39, 0.29) is 35.6 Å². The van der Waals surface area contributed by atoms with Gasteiger partial charge in [-0.15, -0.1) is 0 Å². The number of hydrogen-bond acceptors (Lipinski definition) is 8. The number of amides is 2. The number of phenolic OH excluding ortho intramolecular Hbond substituents is 1. The van der Waals surface area contributed by atoms with Gasteiger partial charge < -0.3 is 19.5 Å². The minimum atomic E-state index is -0.635. The van der Waals surface area contributed by atoms with E-state index >= 15 is 0 Å². The molecule has 9 heteroatoms. The number of imide groups is 1. The molecular formula is C36H34N2O7. The van der Waals surface area contributed by atoms with Gasteiger partial charge in [0.15, 0.2) is 23.1 Å². The molecule has 0 saturated carbocycles. The summed E-state index contributed by atoms with van der Waals surface area (Å²) < 4.78 is 10.7. The maximum absolute atomic E-state index is 14.2. The minimum absolute atomic E-state index is 0.0109. The number of phenols is 1. The number of nitrogens with zero attached hydrogens (tertiary/aromatic N) is 2. The third-order valence-electron chi connectivity index (χ3n) is 9.78. The van der Waals surface area contributed by atoms with Crippen molar-refractivity contribution in [3.05, 3.63) is 88.5 Å². The molecule has 2 aliphatic heterocycles. The van der Waals surface area contributed by atoms with Crippen LogP contribution in [0.2, 0.25) is 0 Å². The molecule has 7 rings (SSSR count). The van der Waals surface area contributed by atoms with E-state index in [0.29, 0.717) is 47.8 Å². The smallest absolute Gasteiger partial charge is 0.238 e. The quantitative estimate of drug-likeness (QED) is 0.303. The normalized spacial score (nSPS) is 26.5. The zero-order valence-electron chi connectivity index (χ0n) is 25.2. The van der Waals surface area contributed by atoms with Crippen LogP contribution in [-0.2, 0) is 23.9 Å². The van der Waals surface area contributed by atoms with Gasteiger partial charge >= 0.3 is 0 Å². The van der Waals surface area contributed by atoms with Gasteiger partial charge in [0.1, 0.15) is 0 Å². The number of methoxy groups -OCH3 is 1. The second kappa shape index (κ2) is 11.3. The predicted molar refractivity (Wildman–Crippen MR) is 168 cm³/mol. The molecule has 2 aromatic rings. The van der Waals surface area contributed by atoms with Crippen LogP contribution in [0.25, 0.3) is 6.08 Å². The lowest BCUT2D eigenvalue weighted by Crippen LogP contribution is -2.40. The number of carbonyl (C=O) groups excluding carboxylic acids is 4. The van der Waals surface area contributed by atoms with Gasteiger partial charge in [-0.05, 0) is 73.7 Å². The summed E-state index contributed by atoms with van der Waals surface area (Å²) >= 11 is 0. The predicted octanol–water partition coefficient (Wildman–Crippen LogP) is 4.42. The molecule has 0 radical (unpaired) electrons. The Hall–Kier alpha value is -4.76. The topological polar surface area (TPSA) is 113 Å². The molecule has 2 heterocycles. The molecule has 4 atom stereocenters. The summed E-state index contributed by atoms with van der Waals surface area (Å²) in [6, 6.07) is 12.5. The Balaban J connectivity index is 1.23. The molecule has 45 heavy (non-hydrogen) atoms. The zero-order valence-corrected chi connectivity index (χ0v) is 25.2. The molecule has 0 spiro atoms. The lowest BCUT2D eigenvalue weighted by molar-refractivity contribution is -0.123. The number of aromatic hydroxyl groups is 1. The highest BCUT2D eigenvalue weighted by atomic mass is 16.5. The number of carbonyl (C=O) groups is 4. The van der Waals surface area contributed by atoms with Gasteiger partial charge in [0.2, 0.25) is 11.8 Å². The van der Waals surface area contributed by atoms with Crippen LogP contribution in [0, 0.1) is 23.7 Å². The van der Waals surface area contributed by atoms with Crippen LogP contribution in [0.15, 0.2) is 83.0 Å². The number of benzene rings is 2. The van der Waals surface area contributed by atoms with Crippen LogP contribution in [0.4, 0.5) is 11.4 Å². The van der Waals surface area contributed by atoms with Crippen LogP contribution in [0.3, 0.4) is 0 Å². The Morgan fingerprint density at radius 3 is 2.42 bits per heavy atom. The van der Waals surface area contributed by atoms with E-state index in [1.807, 2.05) is 42.5 Å². The molecule has 2 fully saturated rings. The van der Waals surface area contributed by atoms with E-state index in [9.17, 15) is 24.3 Å². The van der Waals surface area contributed by atoms with Crippen LogP contribution < -0.4 is 14.5 Å². The fraction of sp³-hybridized carbons (Fsp3) is 0.333. The molecule has 5 aliphatic rings. The Morgan fingerprint density at radius 1 is 0.956 bits per heavy atom. The first-order valence-corrected chi connectivity index (χ1v) is 15.3. The molecule has 2 amide bonds. The number of rotatable bonds is 5. The number of fused-ring (bicyclic) bond motifs is 3. The second-order valence-corrected chi connectivity index (χ2v) is 12.2. The lowest BCUT2D eigenvalue weighted by atomic mass is 9.60. The van der Waals surface area contributed by atoms with E-state index in [1.165, 1.54) is 24.2 Å². The van der Waals surface area contributed by atoms with Crippen LogP contribution in [0.1, 0.15) is 25.3 Å². The fourth-order valence-corrected chi connectivity index (χ4v) is 7.55. The van der Waals surface area contributed by atoms with Crippen molar-refractivity contribution in [1.82, 2.24) is 0 Å². The van der Waals surface area contributed by atoms with Gasteiger partial charge in [-0.1, -0.05) is 29.9 Å². The molecule has 3 aliphatic carbocycles. The first kappa shape index (κ1) is 29.0. The van der Waals surface area contributed by atoms with Gasteiger partial charge in [-0.3, -0.25) is 24.1 Å². The molecule has 2 saturated heterocycles. The Morgan fingerprint density at radius 2 is 1.69 bits per heavy atom. The number of hydrogen-bond donors (Lipinski definition) is 1. The van der Waals surface area contributed by atoms with Gasteiger partial charge in [0.25, 0.3) is 0 Å². The summed E-state index contributed by atoms with van der Waals surface area (Å²) in [5.41, 5.74) is 4.41. The third kappa shape index (κ3) is 4.82. The number of anilines is 2. The first-order valence-electron chi connectivity index (χ1n) is 15.3. The van der Waals surface area contributed by atoms with E-state index in [0.717, 1.165) is 29.9 Å². The summed E-state index contributed by atoms with van der Waals surface area (Å²) in [6.45, 7) is 4.52. The van der Waals surface area contributed by atoms with Crippen molar-refractivity contribution in [1.29, 1.82) is 0 Å². The Kier molecular flexibility index (Phi) is 7.28. The van der Waals surface area contributed by atoms with Crippen molar-refractivity contribution in [2.45, 2.75) is 19.8 Å². The van der Waals surface area contributed by atoms with E-state index in [2.05, 4.69) is 4.90 Å². The highest BCUT2D eigenvalue weighted by Crippen LogP contribution is 2.53. The number of morpholine rings is 1. The van der Waals surface area contributed by atoms with Crippen molar-refractivity contribution >= 4 is 40.8 Å². The van der Waals surface area contributed by atoms with E-state index in [1.54, 1.807) is 19.1 Å². The van der Waals surface area contributed by atoms with Gasteiger partial charge in [0, 0.05) is 41.4 Å². The van der Waals surface area contributed by atoms with Gasteiger partial charge in [0.05, 0.1) is 37.8 Å². The number of ether oxygens (including phenoxy) is 2. The maximum atomic E-state index is 14.2. The summed E-state index contributed by atoms with van der Waals surface area (Å²) in [5.74, 6) is -2.69. The van der Waals surface area contributed by atoms with Crippen LogP contribution in [-0.4, -0.2) is 61.9 Å².